The summed E-state index contributed by atoms with van der Waals surface area (Å²) in [4.78, 5) is 27.2. The molecule has 2 aromatic carbocycles. The van der Waals surface area contributed by atoms with Crippen LogP contribution in [0.4, 0.5) is 10.5 Å². The first-order valence-electron chi connectivity index (χ1n) is 7.55. The van der Waals surface area contributed by atoms with Gasteiger partial charge in [0, 0.05) is 33.6 Å². The first-order valence-corrected chi connectivity index (χ1v) is 8.30. The van der Waals surface area contributed by atoms with Gasteiger partial charge in [-0.3, -0.25) is 0 Å². The number of carbonyl (C=O) groups is 2. The van der Waals surface area contributed by atoms with Gasteiger partial charge >= 0.3 is 12.0 Å². The Balaban J connectivity index is 1.76. The lowest BCUT2D eigenvalue weighted by atomic mass is 10.1. The molecule has 3 aromatic rings. The number of anilines is 1. The van der Waals surface area contributed by atoms with Crippen LogP contribution < -0.4 is 10.6 Å². The highest BCUT2D eigenvalue weighted by Gasteiger charge is 2.10. The van der Waals surface area contributed by atoms with Gasteiger partial charge in [0.2, 0.25) is 0 Å². The zero-order valence-electron chi connectivity index (χ0n) is 13.3. The molecule has 0 unspecified atom stereocenters. The van der Waals surface area contributed by atoms with Crippen molar-refractivity contribution in [3.05, 3.63) is 70.0 Å². The summed E-state index contributed by atoms with van der Waals surface area (Å²) in [6, 6.07) is 11.2. The topological polar surface area (TPSA) is 91.3 Å². The van der Waals surface area contributed by atoms with E-state index in [4.69, 9.17) is 28.3 Å². The van der Waals surface area contributed by atoms with Gasteiger partial charge in [0.25, 0.3) is 0 Å². The molecule has 1 aromatic heterocycles. The molecule has 0 saturated heterocycles. The number of nitrogens with one attached hydrogen (secondary N) is 2. The number of hydrogen-bond acceptors (Lipinski definition) is 3. The van der Waals surface area contributed by atoms with Crippen LogP contribution in [0.3, 0.4) is 0 Å². The number of amides is 2. The van der Waals surface area contributed by atoms with Gasteiger partial charge in [0.05, 0.1) is 5.69 Å². The minimum Gasteiger partial charge on any atom is -0.477 e. The molecule has 26 heavy (non-hydrogen) atoms. The number of pyridine rings is 1. The van der Waals surface area contributed by atoms with Gasteiger partial charge in [-0.25, -0.2) is 14.6 Å². The molecule has 0 aliphatic heterocycles. The fourth-order valence-corrected chi connectivity index (χ4v) is 2.88. The zero-order chi connectivity index (χ0) is 18.7. The summed E-state index contributed by atoms with van der Waals surface area (Å²) in [7, 11) is 0. The highest BCUT2D eigenvalue weighted by Crippen LogP contribution is 2.24. The van der Waals surface area contributed by atoms with Crippen molar-refractivity contribution in [2.45, 2.75) is 6.54 Å². The van der Waals surface area contributed by atoms with Crippen molar-refractivity contribution in [2.24, 2.45) is 0 Å². The molecule has 0 fully saturated rings. The maximum atomic E-state index is 12.2. The Hall–Kier alpha value is -2.83. The standard InChI is InChI=1S/C18H13Cl2N3O3/c19-12-5-4-11(14(20)6-12)9-22-18(26)23-15-3-1-2-10-8-21-16(17(24)25)7-13(10)15/h1-8H,9H2,(H,24,25)(H2,22,23,26). The van der Waals surface area contributed by atoms with E-state index in [1.807, 2.05) is 0 Å². The third kappa shape index (κ3) is 4.04. The summed E-state index contributed by atoms with van der Waals surface area (Å²) in [6.45, 7) is 0.217. The van der Waals surface area contributed by atoms with Gasteiger partial charge in [0.1, 0.15) is 5.69 Å². The summed E-state index contributed by atoms with van der Waals surface area (Å²) >= 11 is 11.9. The van der Waals surface area contributed by atoms with E-state index < -0.39 is 12.0 Å². The number of benzene rings is 2. The number of carboxylic acids is 1. The molecule has 0 saturated carbocycles. The molecule has 0 aliphatic carbocycles. The van der Waals surface area contributed by atoms with E-state index in [-0.39, 0.29) is 12.2 Å². The highest BCUT2D eigenvalue weighted by atomic mass is 35.5. The summed E-state index contributed by atoms with van der Waals surface area (Å²) in [5, 5.41) is 16.8. The number of halogens is 2. The molecule has 6 nitrogen and oxygen atoms in total. The molecule has 0 bridgehead atoms. The Bertz CT molecular complexity index is 1010. The minimum absolute atomic E-state index is 0.0971. The van der Waals surface area contributed by atoms with E-state index in [2.05, 4.69) is 15.6 Å². The lowest BCUT2D eigenvalue weighted by molar-refractivity contribution is 0.0690. The van der Waals surface area contributed by atoms with Crippen LogP contribution >= 0.6 is 23.2 Å². The van der Waals surface area contributed by atoms with Crippen LogP contribution in [0.2, 0.25) is 10.0 Å². The van der Waals surface area contributed by atoms with Crippen molar-refractivity contribution in [1.29, 1.82) is 0 Å². The van der Waals surface area contributed by atoms with Crippen LogP contribution in [0.1, 0.15) is 16.1 Å². The zero-order valence-corrected chi connectivity index (χ0v) is 14.8. The normalized spacial score (nSPS) is 10.5. The maximum absolute atomic E-state index is 12.2. The number of rotatable bonds is 4. The molecule has 3 N–H and O–H groups in total. The molecule has 0 aliphatic rings. The van der Waals surface area contributed by atoms with Gasteiger partial charge < -0.3 is 15.7 Å². The average Bonchev–Trinajstić information content (AvgIpc) is 2.61. The smallest absolute Gasteiger partial charge is 0.354 e. The van der Waals surface area contributed by atoms with Crippen LogP contribution in [-0.2, 0) is 6.54 Å². The Morgan fingerprint density at radius 2 is 1.92 bits per heavy atom. The van der Waals surface area contributed by atoms with Gasteiger partial charge in [-0.05, 0) is 29.8 Å². The van der Waals surface area contributed by atoms with E-state index in [0.717, 1.165) is 5.56 Å². The molecule has 8 heteroatoms. The molecule has 3 rings (SSSR count). The predicted molar refractivity (Wildman–Crippen MR) is 101 cm³/mol. The van der Waals surface area contributed by atoms with E-state index in [9.17, 15) is 9.59 Å². The first kappa shape index (κ1) is 18.0. The molecular formula is C18H13Cl2N3O3. The number of aromatic carboxylic acids is 1. The predicted octanol–water partition coefficient (Wildman–Crippen LogP) is 4.56. The number of aromatic nitrogens is 1. The van der Waals surface area contributed by atoms with Crippen molar-refractivity contribution in [2.75, 3.05) is 5.32 Å². The molecule has 0 spiro atoms. The van der Waals surface area contributed by atoms with E-state index >= 15 is 0 Å². The Labute approximate surface area is 158 Å². The van der Waals surface area contributed by atoms with Crippen LogP contribution in [0.25, 0.3) is 10.8 Å². The average molecular weight is 390 g/mol. The Kier molecular flexibility index (Phi) is 5.25. The van der Waals surface area contributed by atoms with Crippen molar-refractivity contribution in [1.82, 2.24) is 10.3 Å². The Morgan fingerprint density at radius 1 is 1.12 bits per heavy atom. The fraction of sp³-hybridized carbons (Fsp3) is 0.0556. The van der Waals surface area contributed by atoms with Crippen LogP contribution in [0.15, 0.2) is 48.7 Å². The third-order valence-electron chi connectivity index (χ3n) is 3.69. The van der Waals surface area contributed by atoms with Crippen molar-refractivity contribution >= 4 is 51.7 Å². The van der Waals surface area contributed by atoms with E-state index in [1.165, 1.54) is 12.3 Å². The number of hydrogen-bond donors (Lipinski definition) is 3. The number of nitrogens with zero attached hydrogens (tertiary/aromatic N) is 1. The summed E-state index contributed by atoms with van der Waals surface area (Å²) in [5.41, 5.74) is 1.11. The lowest BCUT2D eigenvalue weighted by Crippen LogP contribution is -2.28. The molecular weight excluding hydrogens is 377 g/mol. The first-order chi connectivity index (χ1) is 12.4. The second-order valence-electron chi connectivity index (χ2n) is 5.44. The quantitative estimate of drug-likeness (QED) is 0.609. The monoisotopic (exact) mass is 389 g/mol. The second kappa shape index (κ2) is 7.59. The largest absolute Gasteiger partial charge is 0.477 e. The third-order valence-corrected chi connectivity index (χ3v) is 4.27. The van der Waals surface area contributed by atoms with Crippen molar-refractivity contribution in [3.63, 3.8) is 0 Å². The van der Waals surface area contributed by atoms with Crippen molar-refractivity contribution in [3.8, 4) is 0 Å². The number of carboxylic acid groups (broad SMARTS) is 1. The highest BCUT2D eigenvalue weighted by molar-refractivity contribution is 6.35. The van der Waals surface area contributed by atoms with Crippen LogP contribution in [0.5, 0.6) is 0 Å². The SMILES string of the molecule is O=C(NCc1ccc(Cl)cc1Cl)Nc1cccc2cnc(C(=O)O)cc12. The molecule has 0 atom stereocenters. The van der Waals surface area contributed by atoms with Crippen LogP contribution in [0, 0.1) is 0 Å². The molecule has 0 radical (unpaired) electrons. The van der Waals surface area contributed by atoms with Crippen LogP contribution in [-0.4, -0.2) is 22.1 Å². The molecule has 1 heterocycles. The Morgan fingerprint density at radius 3 is 2.65 bits per heavy atom. The summed E-state index contributed by atoms with van der Waals surface area (Å²) in [6.07, 6.45) is 1.45. The van der Waals surface area contributed by atoms with Gasteiger partial charge in [-0.15, -0.1) is 0 Å². The van der Waals surface area contributed by atoms with Gasteiger partial charge in [-0.2, -0.15) is 0 Å². The number of carbonyl (C=O) groups excluding carboxylic acids is 1. The summed E-state index contributed by atoms with van der Waals surface area (Å²) < 4.78 is 0. The second-order valence-corrected chi connectivity index (χ2v) is 6.29. The van der Waals surface area contributed by atoms with Gasteiger partial charge in [-0.1, -0.05) is 41.4 Å². The summed E-state index contributed by atoms with van der Waals surface area (Å²) in [5.74, 6) is -1.14. The lowest BCUT2D eigenvalue weighted by Gasteiger charge is -2.11. The maximum Gasteiger partial charge on any atom is 0.354 e. The number of fused-ring (bicyclic) bond motifs is 1. The van der Waals surface area contributed by atoms with Crippen molar-refractivity contribution < 1.29 is 14.7 Å². The number of urea groups is 1. The van der Waals surface area contributed by atoms with Gasteiger partial charge in [0.15, 0.2) is 0 Å². The molecule has 2 amide bonds. The van der Waals surface area contributed by atoms with E-state index in [0.29, 0.717) is 26.5 Å². The van der Waals surface area contributed by atoms with E-state index in [1.54, 1.807) is 36.4 Å². The minimum atomic E-state index is -1.14. The molecule has 132 valence electrons. The fourth-order valence-electron chi connectivity index (χ4n) is 2.40.